The van der Waals surface area contributed by atoms with Crippen molar-refractivity contribution in [1.29, 1.82) is 0 Å². The van der Waals surface area contributed by atoms with Crippen molar-refractivity contribution in [3.05, 3.63) is 77.7 Å². The van der Waals surface area contributed by atoms with Crippen molar-refractivity contribution in [3.8, 4) is 11.3 Å². The Kier molecular flexibility index (Phi) is 5.99. The molecule has 3 aromatic rings. The number of aromatic nitrogens is 2. The number of carbonyl (C=O) groups is 1. The average molecular weight is 405 g/mol. The van der Waals surface area contributed by atoms with Gasteiger partial charge in [-0.15, -0.1) is 0 Å². The predicted octanol–water partition coefficient (Wildman–Crippen LogP) is 2.95. The van der Waals surface area contributed by atoms with Crippen LogP contribution in [0.4, 0.5) is 10.1 Å². The van der Waals surface area contributed by atoms with Gasteiger partial charge < -0.3 is 16.4 Å². The first-order valence-corrected chi connectivity index (χ1v) is 10.0. The number of halogens is 1. The van der Waals surface area contributed by atoms with Crippen LogP contribution in [0.1, 0.15) is 28.0 Å². The van der Waals surface area contributed by atoms with Crippen LogP contribution in [0.3, 0.4) is 0 Å². The van der Waals surface area contributed by atoms with E-state index < -0.39 is 12.1 Å². The van der Waals surface area contributed by atoms with Crippen molar-refractivity contribution < 1.29 is 9.18 Å². The van der Waals surface area contributed by atoms with Gasteiger partial charge in [-0.1, -0.05) is 30.3 Å². The number of carbonyl (C=O) groups excluding carboxylic acids is 1. The molecule has 2 atom stereocenters. The summed E-state index contributed by atoms with van der Waals surface area (Å²) in [5, 5.41) is 6.20. The highest BCUT2D eigenvalue weighted by Crippen LogP contribution is 2.23. The van der Waals surface area contributed by atoms with Crippen molar-refractivity contribution in [2.24, 2.45) is 5.73 Å². The molecule has 154 valence electrons. The number of anilines is 1. The van der Waals surface area contributed by atoms with Gasteiger partial charge in [0, 0.05) is 36.6 Å². The lowest BCUT2D eigenvalue weighted by molar-refractivity contribution is 0.100. The van der Waals surface area contributed by atoms with E-state index in [0.717, 1.165) is 29.1 Å². The number of nitrogens with one attached hydrogen (secondary N) is 2. The Hall–Kier alpha value is -3.32. The molecule has 7 heteroatoms. The molecule has 0 spiro atoms. The Morgan fingerprint density at radius 1 is 1.20 bits per heavy atom. The summed E-state index contributed by atoms with van der Waals surface area (Å²) in [6.07, 6.45) is 3.42. The van der Waals surface area contributed by atoms with Gasteiger partial charge >= 0.3 is 0 Å². The number of hydrogen-bond donors (Lipinski definition) is 3. The van der Waals surface area contributed by atoms with E-state index in [1.54, 1.807) is 12.3 Å². The van der Waals surface area contributed by atoms with Crippen LogP contribution in [0.2, 0.25) is 0 Å². The lowest BCUT2D eigenvalue weighted by Gasteiger charge is -2.29. The van der Waals surface area contributed by atoms with Gasteiger partial charge in [-0.05, 0) is 36.7 Å². The number of nitrogens with zero attached hydrogens (tertiary/aromatic N) is 2. The van der Waals surface area contributed by atoms with Crippen LogP contribution >= 0.6 is 0 Å². The fourth-order valence-corrected chi connectivity index (χ4v) is 3.63. The molecule has 0 aliphatic carbocycles. The van der Waals surface area contributed by atoms with Crippen molar-refractivity contribution >= 4 is 11.6 Å². The van der Waals surface area contributed by atoms with Crippen LogP contribution in [0.15, 0.2) is 60.9 Å². The van der Waals surface area contributed by atoms with Crippen LogP contribution in [-0.2, 0) is 6.42 Å². The number of alkyl halides is 1. The number of amides is 1. The molecule has 4 rings (SSSR count). The molecule has 30 heavy (non-hydrogen) atoms. The van der Waals surface area contributed by atoms with Gasteiger partial charge in [-0.3, -0.25) is 14.8 Å². The Balaban J connectivity index is 1.53. The summed E-state index contributed by atoms with van der Waals surface area (Å²) in [5.74, 6) is -0.583. The van der Waals surface area contributed by atoms with Crippen molar-refractivity contribution in [2.75, 3.05) is 18.4 Å². The normalized spacial score (nSPS) is 18.7. The van der Waals surface area contributed by atoms with E-state index >= 15 is 0 Å². The molecule has 1 aromatic carbocycles. The lowest BCUT2D eigenvalue weighted by Crippen LogP contribution is -2.45. The molecule has 1 aliphatic heterocycles. The number of primary amides is 1. The molecule has 1 aliphatic rings. The standard InChI is InChI=1S/C23H24FN5O/c24-19-14-26-10-8-21(19)29-22-12-17(28-13-18(22)23(25)30)11-15-4-6-16(7-5-15)20-3-1-2-9-27-20/h1-7,9,12-13,19,21,26H,8,10-11,14H2,(H2,25,30)(H,28,29)/t19-,21+/m0/s1. The summed E-state index contributed by atoms with van der Waals surface area (Å²) in [6, 6.07) is 15.4. The van der Waals surface area contributed by atoms with Crippen LogP contribution in [-0.4, -0.2) is 41.2 Å². The first-order valence-electron chi connectivity index (χ1n) is 10.0. The summed E-state index contributed by atoms with van der Waals surface area (Å²) in [7, 11) is 0. The fraction of sp³-hybridized carbons (Fsp3) is 0.261. The monoisotopic (exact) mass is 405 g/mol. The van der Waals surface area contributed by atoms with Crippen LogP contribution in [0, 0.1) is 0 Å². The van der Waals surface area contributed by atoms with E-state index in [4.69, 9.17) is 5.73 Å². The van der Waals surface area contributed by atoms with E-state index in [2.05, 4.69) is 20.6 Å². The highest BCUT2D eigenvalue weighted by molar-refractivity contribution is 5.98. The fourth-order valence-electron chi connectivity index (χ4n) is 3.63. The molecule has 3 heterocycles. The molecule has 0 bridgehead atoms. The van der Waals surface area contributed by atoms with E-state index in [1.165, 1.54) is 6.20 Å². The zero-order chi connectivity index (χ0) is 20.9. The number of rotatable bonds is 6. The Morgan fingerprint density at radius 3 is 2.73 bits per heavy atom. The molecule has 1 fully saturated rings. The van der Waals surface area contributed by atoms with E-state index in [0.29, 0.717) is 25.1 Å². The maximum absolute atomic E-state index is 14.2. The van der Waals surface area contributed by atoms with Gasteiger partial charge in [0.2, 0.25) is 0 Å². The first-order chi connectivity index (χ1) is 14.6. The quantitative estimate of drug-likeness (QED) is 0.586. The van der Waals surface area contributed by atoms with Gasteiger partial charge in [-0.25, -0.2) is 4.39 Å². The second-order valence-corrected chi connectivity index (χ2v) is 7.43. The van der Waals surface area contributed by atoms with Crippen LogP contribution in [0.25, 0.3) is 11.3 Å². The predicted molar refractivity (Wildman–Crippen MR) is 115 cm³/mol. The minimum Gasteiger partial charge on any atom is -0.379 e. The minimum absolute atomic E-state index is 0.273. The lowest BCUT2D eigenvalue weighted by atomic mass is 10.0. The Bertz CT molecular complexity index is 1010. The van der Waals surface area contributed by atoms with Gasteiger partial charge in [0.05, 0.1) is 23.0 Å². The van der Waals surface area contributed by atoms with E-state index in [-0.39, 0.29) is 11.6 Å². The zero-order valence-electron chi connectivity index (χ0n) is 16.5. The smallest absolute Gasteiger partial charge is 0.252 e. The third-order valence-corrected chi connectivity index (χ3v) is 5.27. The highest BCUT2D eigenvalue weighted by Gasteiger charge is 2.25. The SMILES string of the molecule is NC(=O)c1cnc(Cc2ccc(-c3ccccn3)cc2)cc1N[C@@H]1CCNC[C@@H]1F. The second-order valence-electron chi connectivity index (χ2n) is 7.43. The van der Waals surface area contributed by atoms with Gasteiger partial charge in [0.15, 0.2) is 0 Å². The third kappa shape index (κ3) is 4.63. The minimum atomic E-state index is -1.03. The molecule has 6 nitrogen and oxygen atoms in total. The van der Waals surface area contributed by atoms with Crippen LogP contribution in [0.5, 0.6) is 0 Å². The van der Waals surface area contributed by atoms with E-state index in [9.17, 15) is 9.18 Å². The maximum Gasteiger partial charge on any atom is 0.252 e. The number of hydrogen-bond acceptors (Lipinski definition) is 5. The van der Waals surface area contributed by atoms with Crippen molar-refractivity contribution in [3.63, 3.8) is 0 Å². The summed E-state index contributed by atoms with van der Waals surface area (Å²) >= 11 is 0. The van der Waals surface area contributed by atoms with Crippen LogP contribution < -0.4 is 16.4 Å². The van der Waals surface area contributed by atoms with E-state index in [1.807, 2.05) is 42.5 Å². The first kappa shape index (κ1) is 20.0. The molecular formula is C23H24FN5O. The topological polar surface area (TPSA) is 92.9 Å². The summed E-state index contributed by atoms with van der Waals surface area (Å²) < 4.78 is 14.2. The summed E-state index contributed by atoms with van der Waals surface area (Å²) in [4.78, 5) is 20.6. The van der Waals surface area contributed by atoms with Crippen molar-refractivity contribution in [2.45, 2.75) is 25.1 Å². The largest absolute Gasteiger partial charge is 0.379 e. The second kappa shape index (κ2) is 9.00. The molecule has 1 amide bonds. The third-order valence-electron chi connectivity index (χ3n) is 5.27. The molecule has 1 saturated heterocycles. The maximum atomic E-state index is 14.2. The highest BCUT2D eigenvalue weighted by atomic mass is 19.1. The summed E-state index contributed by atoms with van der Waals surface area (Å²) in [6.45, 7) is 1.02. The number of pyridine rings is 2. The molecule has 0 saturated carbocycles. The average Bonchev–Trinajstić information content (AvgIpc) is 2.76. The number of benzene rings is 1. The van der Waals surface area contributed by atoms with Gasteiger partial charge in [0.1, 0.15) is 6.17 Å². The molecule has 4 N–H and O–H groups in total. The van der Waals surface area contributed by atoms with Crippen molar-refractivity contribution in [1.82, 2.24) is 15.3 Å². The molecule has 0 unspecified atom stereocenters. The summed E-state index contributed by atoms with van der Waals surface area (Å²) in [5.41, 5.74) is 10.1. The van der Waals surface area contributed by atoms with Gasteiger partial charge in [-0.2, -0.15) is 0 Å². The Morgan fingerprint density at radius 2 is 2.03 bits per heavy atom. The Labute approximate surface area is 174 Å². The molecule has 0 radical (unpaired) electrons. The zero-order valence-corrected chi connectivity index (χ0v) is 16.5. The molecular weight excluding hydrogens is 381 g/mol. The number of nitrogens with two attached hydrogens (primary N) is 1. The van der Waals surface area contributed by atoms with Gasteiger partial charge in [0.25, 0.3) is 5.91 Å². The molecule has 2 aromatic heterocycles. The number of piperidine rings is 1.